The normalized spacial score (nSPS) is 11.8. The summed E-state index contributed by atoms with van der Waals surface area (Å²) in [6.07, 6.45) is 16.9. The van der Waals surface area contributed by atoms with Crippen molar-refractivity contribution in [3.05, 3.63) is 35.9 Å². The fourth-order valence-corrected chi connectivity index (χ4v) is 4.40. The van der Waals surface area contributed by atoms with Crippen molar-refractivity contribution in [1.29, 1.82) is 0 Å². The molecule has 0 radical (unpaired) electrons. The molecule has 0 aliphatic carbocycles. The van der Waals surface area contributed by atoms with Gasteiger partial charge in [-0.15, -0.1) is 0 Å². The maximum Gasteiger partial charge on any atom is 0.271 e. The maximum absolute atomic E-state index is 11.9. The molecule has 1 rings (SSSR count). The van der Waals surface area contributed by atoms with Gasteiger partial charge in [0.05, 0.1) is 6.61 Å². The molecule has 0 aromatic heterocycles. The standard InChI is InChI=1S/C23H40O4S/c24-20-16-11-9-7-5-3-1-2-4-6-8-10-12-17-21-27-28(25,26)22-23-18-14-13-15-19-23/h13-15,18-19,24H,1-12,16-17,20-22H2. The van der Waals surface area contributed by atoms with E-state index in [1.165, 1.54) is 64.2 Å². The predicted octanol–water partition coefficient (Wildman–Crippen LogP) is 5.99. The molecule has 0 saturated heterocycles. The lowest BCUT2D eigenvalue weighted by Gasteiger charge is -2.06. The van der Waals surface area contributed by atoms with Crippen molar-refractivity contribution in [2.24, 2.45) is 0 Å². The first-order valence-electron chi connectivity index (χ1n) is 11.2. The van der Waals surface area contributed by atoms with Crippen molar-refractivity contribution >= 4 is 10.1 Å². The Balaban J connectivity index is 1.84. The summed E-state index contributed by atoms with van der Waals surface area (Å²) >= 11 is 0. The first kappa shape index (κ1) is 25.1. The molecule has 1 aromatic rings. The third kappa shape index (κ3) is 15.1. The highest BCUT2D eigenvalue weighted by molar-refractivity contribution is 7.85. The summed E-state index contributed by atoms with van der Waals surface area (Å²) in [7, 11) is -3.47. The van der Waals surface area contributed by atoms with Crippen LogP contribution in [0.3, 0.4) is 0 Å². The zero-order valence-electron chi connectivity index (χ0n) is 17.5. The first-order valence-corrected chi connectivity index (χ1v) is 12.7. The van der Waals surface area contributed by atoms with Crippen LogP contribution in [0.15, 0.2) is 30.3 Å². The number of benzene rings is 1. The van der Waals surface area contributed by atoms with Gasteiger partial charge >= 0.3 is 0 Å². The van der Waals surface area contributed by atoms with Crippen molar-refractivity contribution in [3.8, 4) is 0 Å². The molecule has 0 atom stereocenters. The molecule has 0 bridgehead atoms. The molecule has 4 nitrogen and oxygen atoms in total. The van der Waals surface area contributed by atoms with E-state index < -0.39 is 10.1 Å². The number of unbranched alkanes of at least 4 members (excludes halogenated alkanes) is 13. The monoisotopic (exact) mass is 412 g/mol. The summed E-state index contributed by atoms with van der Waals surface area (Å²) in [5.74, 6) is -0.0451. The van der Waals surface area contributed by atoms with Crippen LogP contribution in [0.5, 0.6) is 0 Å². The van der Waals surface area contributed by atoms with Crippen molar-refractivity contribution in [2.45, 2.75) is 95.6 Å². The highest BCUT2D eigenvalue weighted by atomic mass is 32.2. The van der Waals surface area contributed by atoms with Gasteiger partial charge in [0.1, 0.15) is 5.75 Å². The summed E-state index contributed by atoms with van der Waals surface area (Å²) in [4.78, 5) is 0. The van der Waals surface area contributed by atoms with E-state index in [1.807, 2.05) is 18.2 Å². The predicted molar refractivity (Wildman–Crippen MR) is 117 cm³/mol. The Morgan fingerprint density at radius 2 is 1.07 bits per heavy atom. The molecule has 1 N–H and O–H groups in total. The summed E-state index contributed by atoms with van der Waals surface area (Å²) in [5, 5.41) is 8.72. The Morgan fingerprint density at radius 1 is 0.643 bits per heavy atom. The van der Waals surface area contributed by atoms with Crippen LogP contribution in [0, 0.1) is 0 Å². The van der Waals surface area contributed by atoms with Crippen molar-refractivity contribution < 1.29 is 17.7 Å². The van der Waals surface area contributed by atoms with E-state index >= 15 is 0 Å². The van der Waals surface area contributed by atoms with Crippen LogP contribution in [0.4, 0.5) is 0 Å². The van der Waals surface area contributed by atoms with Gasteiger partial charge in [-0.3, -0.25) is 4.18 Å². The minimum absolute atomic E-state index is 0.0451. The summed E-state index contributed by atoms with van der Waals surface area (Å²) < 4.78 is 28.9. The minimum atomic E-state index is -3.47. The SMILES string of the molecule is O=S(=O)(Cc1ccccc1)OCCCCCCCCCCCCCCCCO. The van der Waals surface area contributed by atoms with Gasteiger partial charge in [-0.25, -0.2) is 0 Å². The summed E-state index contributed by atoms with van der Waals surface area (Å²) in [6.45, 7) is 0.633. The van der Waals surface area contributed by atoms with E-state index in [4.69, 9.17) is 9.29 Å². The van der Waals surface area contributed by atoms with Gasteiger partial charge in [-0.05, 0) is 18.4 Å². The zero-order valence-corrected chi connectivity index (χ0v) is 18.3. The van der Waals surface area contributed by atoms with E-state index in [1.54, 1.807) is 12.1 Å². The molecule has 0 saturated carbocycles. The largest absolute Gasteiger partial charge is 0.396 e. The maximum atomic E-state index is 11.9. The molecule has 5 heteroatoms. The molecule has 28 heavy (non-hydrogen) atoms. The third-order valence-corrected chi connectivity index (χ3v) is 6.21. The van der Waals surface area contributed by atoms with Gasteiger partial charge < -0.3 is 5.11 Å². The number of aliphatic hydroxyl groups excluding tert-OH is 1. The Kier molecular flexibility index (Phi) is 15.2. The molecular weight excluding hydrogens is 372 g/mol. The fourth-order valence-electron chi connectivity index (χ4n) is 3.34. The molecule has 0 spiro atoms. The van der Waals surface area contributed by atoms with Crippen LogP contribution >= 0.6 is 0 Å². The van der Waals surface area contributed by atoms with Gasteiger partial charge in [-0.1, -0.05) is 107 Å². The Labute approximate surface area is 172 Å². The second-order valence-electron chi connectivity index (χ2n) is 7.68. The smallest absolute Gasteiger partial charge is 0.271 e. The number of hydrogen-bond donors (Lipinski definition) is 1. The second kappa shape index (κ2) is 17.0. The first-order chi connectivity index (χ1) is 13.6. The molecule has 0 heterocycles. The van der Waals surface area contributed by atoms with Crippen LogP contribution in [0.2, 0.25) is 0 Å². The van der Waals surface area contributed by atoms with Crippen LogP contribution in [-0.2, 0) is 20.1 Å². The lowest BCUT2D eigenvalue weighted by molar-refractivity contribution is 0.282. The van der Waals surface area contributed by atoms with Crippen LogP contribution < -0.4 is 0 Å². The lowest BCUT2D eigenvalue weighted by atomic mass is 10.0. The van der Waals surface area contributed by atoms with Crippen molar-refractivity contribution in [1.82, 2.24) is 0 Å². The Hall–Kier alpha value is -0.910. The van der Waals surface area contributed by atoms with Crippen molar-refractivity contribution in [2.75, 3.05) is 13.2 Å². The van der Waals surface area contributed by atoms with Gasteiger partial charge in [0.25, 0.3) is 10.1 Å². The number of rotatable bonds is 19. The molecule has 0 unspecified atom stereocenters. The van der Waals surface area contributed by atoms with Gasteiger partial charge in [0.2, 0.25) is 0 Å². The van der Waals surface area contributed by atoms with E-state index in [0.29, 0.717) is 13.2 Å². The molecule has 162 valence electrons. The lowest BCUT2D eigenvalue weighted by Crippen LogP contribution is -2.09. The average Bonchev–Trinajstić information content (AvgIpc) is 2.68. The number of hydrogen-bond acceptors (Lipinski definition) is 4. The molecule has 0 fully saturated rings. The van der Waals surface area contributed by atoms with E-state index in [0.717, 1.165) is 31.2 Å². The highest BCUT2D eigenvalue weighted by Crippen LogP contribution is 2.13. The Bertz CT molecular complexity index is 557. The van der Waals surface area contributed by atoms with E-state index in [2.05, 4.69) is 0 Å². The van der Waals surface area contributed by atoms with Crippen LogP contribution in [0.1, 0.15) is 95.5 Å². The topological polar surface area (TPSA) is 63.6 Å². The second-order valence-corrected chi connectivity index (χ2v) is 9.32. The Morgan fingerprint density at radius 3 is 1.54 bits per heavy atom. The summed E-state index contributed by atoms with van der Waals surface area (Å²) in [5.41, 5.74) is 0.768. The van der Waals surface area contributed by atoms with Crippen molar-refractivity contribution in [3.63, 3.8) is 0 Å². The zero-order chi connectivity index (χ0) is 20.3. The molecule has 0 aliphatic heterocycles. The third-order valence-electron chi connectivity index (χ3n) is 5.00. The average molecular weight is 413 g/mol. The van der Waals surface area contributed by atoms with Gasteiger partial charge in [0, 0.05) is 6.61 Å². The van der Waals surface area contributed by atoms with Crippen LogP contribution in [-0.4, -0.2) is 26.7 Å². The molecular formula is C23H40O4S. The van der Waals surface area contributed by atoms with Crippen LogP contribution in [0.25, 0.3) is 0 Å². The highest BCUT2D eigenvalue weighted by Gasteiger charge is 2.11. The molecule has 0 amide bonds. The number of aliphatic hydroxyl groups is 1. The molecule has 1 aromatic carbocycles. The van der Waals surface area contributed by atoms with Gasteiger partial charge in [0.15, 0.2) is 0 Å². The fraction of sp³-hybridized carbons (Fsp3) is 0.739. The quantitative estimate of drug-likeness (QED) is 0.224. The molecule has 0 aliphatic rings. The van der Waals surface area contributed by atoms with E-state index in [-0.39, 0.29) is 5.75 Å². The van der Waals surface area contributed by atoms with E-state index in [9.17, 15) is 8.42 Å². The van der Waals surface area contributed by atoms with Gasteiger partial charge in [-0.2, -0.15) is 8.42 Å². The minimum Gasteiger partial charge on any atom is -0.396 e. The summed E-state index contributed by atoms with van der Waals surface area (Å²) in [6, 6.07) is 9.16.